The number of nitrogens with zero attached hydrogens (tertiary/aromatic N) is 1. The molecule has 0 aliphatic carbocycles. The first-order chi connectivity index (χ1) is 11.5. The summed E-state index contributed by atoms with van der Waals surface area (Å²) in [5.41, 5.74) is 0.617. The molecule has 0 bridgehead atoms. The van der Waals surface area contributed by atoms with Gasteiger partial charge in [-0.05, 0) is 26.3 Å². The lowest BCUT2D eigenvalue weighted by Gasteiger charge is -2.21. The molecule has 1 amide bonds. The fourth-order valence-corrected chi connectivity index (χ4v) is 2.03. The highest BCUT2D eigenvalue weighted by molar-refractivity contribution is 14.0. The second-order valence-corrected chi connectivity index (χ2v) is 6.12. The lowest BCUT2D eigenvalue weighted by Crippen LogP contribution is -2.41. The van der Waals surface area contributed by atoms with Crippen molar-refractivity contribution >= 4 is 35.8 Å². The van der Waals surface area contributed by atoms with Gasteiger partial charge in [0.25, 0.3) is 0 Å². The van der Waals surface area contributed by atoms with Crippen LogP contribution in [0.5, 0.6) is 0 Å². The average Bonchev–Trinajstić information content (AvgIpc) is 2.59. The van der Waals surface area contributed by atoms with Gasteiger partial charge in [0, 0.05) is 20.1 Å². The molecule has 0 saturated heterocycles. The van der Waals surface area contributed by atoms with E-state index in [0.717, 1.165) is 12.1 Å². The SMILES string of the molecule is CCNC(=NCC(C)(C)C(=O)NC)NCCOCc1ccccc1.I. The fourth-order valence-electron chi connectivity index (χ4n) is 2.03. The molecule has 0 spiro atoms. The van der Waals surface area contributed by atoms with Crippen molar-refractivity contribution in [3.05, 3.63) is 35.9 Å². The summed E-state index contributed by atoms with van der Waals surface area (Å²) in [7, 11) is 1.64. The summed E-state index contributed by atoms with van der Waals surface area (Å²) < 4.78 is 5.64. The van der Waals surface area contributed by atoms with Gasteiger partial charge in [-0.2, -0.15) is 0 Å². The van der Waals surface area contributed by atoms with Gasteiger partial charge in [-0.3, -0.25) is 9.79 Å². The summed E-state index contributed by atoms with van der Waals surface area (Å²) >= 11 is 0. The van der Waals surface area contributed by atoms with Crippen LogP contribution >= 0.6 is 24.0 Å². The third-order valence-corrected chi connectivity index (χ3v) is 3.47. The molecule has 0 radical (unpaired) electrons. The van der Waals surface area contributed by atoms with E-state index in [0.29, 0.717) is 32.3 Å². The predicted octanol–water partition coefficient (Wildman–Crippen LogP) is 2.15. The number of ether oxygens (including phenoxy) is 1. The van der Waals surface area contributed by atoms with Crippen molar-refractivity contribution in [2.45, 2.75) is 27.4 Å². The Morgan fingerprint density at radius 3 is 2.48 bits per heavy atom. The number of hydrogen-bond acceptors (Lipinski definition) is 3. The smallest absolute Gasteiger partial charge is 0.227 e. The number of nitrogens with one attached hydrogen (secondary N) is 3. The molecule has 142 valence electrons. The van der Waals surface area contributed by atoms with E-state index in [9.17, 15) is 4.79 Å². The minimum atomic E-state index is -0.541. The van der Waals surface area contributed by atoms with Crippen LogP contribution in [0.3, 0.4) is 0 Å². The second kappa shape index (κ2) is 12.9. The van der Waals surface area contributed by atoms with E-state index in [-0.39, 0.29) is 29.9 Å². The summed E-state index contributed by atoms with van der Waals surface area (Å²) in [5.74, 6) is 0.672. The summed E-state index contributed by atoms with van der Waals surface area (Å²) in [6, 6.07) is 10.1. The molecular formula is C18H31IN4O2. The van der Waals surface area contributed by atoms with Crippen LogP contribution in [-0.2, 0) is 16.1 Å². The highest BCUT2D eigenvalue weighted by Gasteiger charge is 2.26. The van der Waals surface area contributed by atoms with Crippen molar-refractivity contribution in [3.8, 4) is 0 Å². The minimum absolute atomic E-state index is 0. The Balaban J connectivity index is 0.00000576. The maximum absolute atomic E-state index is 11.8. The number of rotatable bonds is 9. The Labute approximate surface area is 168 Å². The number of benzene rings is 1. The van der Waals surface area contributed by atoms with Gasteiger partial charge >= 0.3 is 0 Å². The van der Waals surface area contributed by atoms with Crippen molar-refractivity contribution in [2.24, 2.45) is 10.4 Å². The maximum atomic E-state index is 11.8. The standard InChI is InChI=1S/C18H30N4O2.HI/c1-5-20-17(22-14-18(2,3)16(23)19-4)21-11-12-24-13-15-9-7-6-8-10-15;/h6-10H,5,11-14H2,1-4H3,(H,19,23)(H2,20,21,22);1H. The Morgan fingerprint density at radius 1 is 1.20 bits per heavy atom. The van der Waals surface area contributed by atoms with E-state index in [1.54, 1.807) is 7.05 Å². The highest BCUT2D eigenvalue weighted by atomic mass is 127. The van der Waals surface area contributed by atoms with Crippen LogP contribution in [0.4, 0.5) is 0 Å². The van der Waals surface area contributed by atoms with Gasteiger partial charge in [0.2, 0.25) is 5.91 Å². The van der Waals surface area contributed by atoms with Crippen LogP contribution in [0, 0.1) is 5.41 Å². The number of carbonyl (C=O) groups excluding carboxylic acids is 1. The van der Waals surface area contributed by atoms with Crippen molar-refractivity contribution < 1.29 is 9.53 Å². The van der Waals surface area contributed by atoms with Gasteiger partial charge in [0.1, 0.15) is 0 Å². The number of guanidine groups is 1. The van der Waals surface area contributed by atoms with E-state index in [1.807, 2.05) is 51.1 Å². The van der Waals surface area contributed by atoms with E-state index in [4.69, 9.17) is 4.74 Å². The first-order valence-electron chi connectivity index (χ1n) is 8.35. The van der Waals surface area contributed by atoms with Crippen LogP contribution in [0.2, 0.25) is 0 Å². The Morgan fingerprint density at radius 2 is 1.88 bits per heavy atom. The quantitative estimate of drug-likeness (QED) is 0.228. The molecule has 0 unspecified atom stereocenters. The molecule has 0 aliphatic heterocycles. The largest absolute Gasteiger partial charge is 0.375 e. The minimum Gasteiger partial charge on any atom is -0.375 e. The summed E-state index contributed by atoms with van der Waals surface area (Å²) in [4.78, 5) is 16.3. The number of aliphatic imine (C=N–C) groups is 1. The first-order valence-corrected chi connectivity index (χ1v) is 8.35. The molecule has 1 aromatic carbocycles. The molecule has 7 heteroatoms. The van der Waals surface area contributed by atoms with E-state index in [1.165, 1.54) is 0 Å². The average molecular weight is 462 g/mol. The van der Waals surface area contributed by atoms with Gasteiger partial charge < -0.3 is 20.7 Å². The van der Waals surface area contributed by atoms with Crippen molar-refractivity contribution in [2.75, 3.05) is 33.3 Å². The second-order valence-electron chi connectivity index (χ2n) is 6.12. The van der Waals surface area contributed by atoms with E-state index < -0.39 is 5.41 Å². The van der Waals surface area contributed by atoms with Gasteiger partial charge in [-0.15, -0.1) is 24.0 Å². The molecule has 0 fully saturated rings. The zero-order valence-electron chi connectivity index (χ0n) is 15.6. The van der Waals surface area contributed by atoms with Crippen LogP contribution in [0.25, 0.3) is 0 Å². The molecule has 1 rings (SSSR count). The van der Waals surface area contributed by atoms with Crippen LogP contribution in [0.1, 0.15) is 26.3 Å². The summed E-state index contributed by atoms with van der Waals surface area (Å²) in [6.45, 7) is 8.76. The van der Waals surface area contributed by atoms with Gasteiger partial charge in [-0.25, -0.2) is 0 Å². The van der Waals surface area contributed by atoms with Gasteiger partial charge in [0.05, 0.1) is 25.2 Å². The number of hydrogen-bond donors (Lipinski definition) is 3. The molecule has 0 saturated carbocycles. The Bertz CT molecular complexity index is 521. The lowest BCUT2D eigenvalue weighted by molar-refractivity contribution is -0.128. The van der Waals surface area contributed by atoms with E-state index >= 15 is 0 Å². The normalized spacial score (nSPS) is 11.4. The Hall–Kier alpha value is -1.35. The van der Waals surface area contributed by atoms with Crippen LogP contribution in [-0.4, -0.2) is 45.2 Å². The summed E-state index contributed by atoms with van der Waals surface area (Å²) in [5, 5.41) is 9.06. The lowest BCUT2D eigenvalue weighted by atomic mass is 9.93. The summed E-state index contributed by atoms with van der Waals surface area (Å²) in [6.07, 6.45) is 0. The molecule has 0 atom stereocenters. The zero-order chi connectivity index (χ0) is 17.8. The monoisotopic (exact) mass is 462 g/mol. The van der Waals surface area contributed by atoms with Crippen LogP contribution in [0.15, 0.2) is 35.3 Å². The maximum Gasteiger partial charge on any atom is 0.227 e. The zero-order valence-corrected chi connectivity index (χ0v) is 17.9. The molecule has 3 N–H and O–H groups in total. The molecule has 0 aliphatic rings. The molecule has 1 aromatic rings. The Kier molecular flexibility index (Phi) is 12.2. The molecule has 0 heterocycles. The number of carbonyl (C=O) groups is 1. The number of halogens is 1. The first kappa shape index (κ1) is 23.6. The van der Waals surface area contributed by atoms with Crippen molar-refractivity contribution in [3.63, 3.8) is 0 Å². The fraction of sp³-hybridized carbons (Fsp3) is 0.556. The van der Waals surface area contributed by atoms with Gasteiger partial charge in [0.15, 0.2) is 5.96 Å². The molecular weight excluding hydrogens is 431 g/mol. The third kappa shape index (κ3) is 9.64. The topological polar surface area (TPSA) is 74.8 Å². The molecule has 0 aromatic heterocycles. The van der Waals surface area contributed by atoms with Crippen molar-refractivity contribution in [1.82, 2.24) is 16.0 Å². The predicted molar refractivity (Wildman–Crippen MR) is 113 cm³/mol. The van der Waals surface area contributed by atoms with Gasteiger partial charge in [-0.1, -0.05) is 30.3 Å². The molecule has 25 heavy (non-hydrogen) atoms. The molecule has 6 nitrogen and oxygen atoms in total. The highest BCUT2D eigenvalue weighted by Crippen LogP contribution is 2.15. The number of amides is 1. The van der Waals surface area contributed by atoms with E-state index in [2.05, 4.69) is 20.9 Å². The van der Waals surface area contributed by atoms with Crippen LogP contribution < -0.4 is 16.0 Å². The third-order valence-electron chi connectivity index (χ3n) is 3.47. The van der Waals surface area contributed by atoms with Crippen molar-refractivity contribution in [1.29, 1.82) is 0 Å².